The van der Waals surface area contributed by atoms with Gasteiger partial charge in [0.05, 0.1) is 20.3 Å². The zero-order valence-electron chi connectivity index (χ0n) is 9.77. The van der Waals surface area contributed by atoms with E-state index in [0.717, 1.165) is 11.3 Å². The molecule has 0 aliphatic heterocycles. The van der Waals surface area contributed by atoms with Gasteiger partial charge in [-0.2, -0.15) is 0 Å². The third kappa shape index (κ3) is 4.44. The van der Waals surface area contributed by atoms with Crippen molar-refractivity contribution in [1.82, 2.24) is 0 Å². The Labute approximate surface area is 105 Å². The van der Waals surface area contributed by atoms with Crippen molar-refractivity contribution in [3.63, 3.8) is 0 Å². The minimum Gasteiger partial charge on any atom is -0.497 e. The summed E-state index contributed by atoms with van der Waals surface area (Å²) >= 11 is 5.67. The summed E-state index contributed by atoms with van der Waals surface area (Å²) in [5, 5.41) is -0.136. The topological polar surface area (TPSA) is 47.9 Å². The molecule has 1 aromatic rings. The SMILES string of the molecule is CCOC(=O)C(Cl)=NCc1ccc(OC)cc1. The smallest absolute Gasteiger partial charge is 0.368 e. The Morgan fingerprint density at radius 2 is 2.00 bits per heavy atom. The van der Waals surface area contributed by atoms with E-state index in [0.29, 0.717) is 6.54 Å². The Morgan fingerprint density at radius 1 is 1.35 bits per heavy atom. The Balaban J connectivity index is 2.59. The van der Waals surface area contributed by atoms with Crippen LogP contribution in [0.1, 0.15) is 12.5 Å². The van der Waals surface area contributed by atoms with E-state index in [1.54, 1.807) is 14.0 Å². The van der Waals surface area contributed by atoms with Crippen LogP contribution in [0, 0.1) is 0 Å². The van der Waals surface area contributed by atoms with E-state index in [9.17, 15) is 4.79 Å². The van der Waals surface area contributed by atoms with Crippen LogP contribution in [0.15, 0.2) is 29.3 Å². The first-order valence-corrected chi connectivity index (χ1v) is 5.55. The summed E-state index contributed by atoms with van der Waals surface area (Å²) in [5.74, 6) is 0.178. The van der Waals surface area contributed by atoms with Crippen LogP contribution in [0.2, 0.25) is 0 Å². The average Bonchev–Trinajstić information content (AvgIpc) is 2.36. The maximum Gasteiger partial charge on any atom is 0.368 e. The monoisotopic (exact) mass is 255 g/mol. The minimum atomic E-state index is -0.595. The molecule has 0 fully saturated rings. The highest BCUT2D eigenvalue weighted by Gasteiger charge is 2.08. The molecule has 0 aliphatic carbocycles. The molecule has 0 radical (unpaired) electrons. The second-order valence-electron chi connectivity index (χ2n) is 3.18. The van der Waals surface area contributed by atoms with Crippen molar-refractivity contribution in [3.05, 3.63) is 29.8 Å². The van der Waals surface area contributed by atoms with Crippen molar-refractivity contribution in [2.45, 2.75) is 13.5 Å². The molecule has 92 valence electrons. The molecule has 0 bridgehead atoms. The van der Waals surface area contributed by atoms with Crippen LogP contribution >= 0.6 is 11.6 Å². The molecule has 4 nitrogen and oxygen atoms in total. The number of nitrogens with zero attached hydrogens (tertiary/aromatic N) is 1. The molecule has 5 heteroatoms. The average molecular weight is 256 g/mol. The highest BCUT2D eigenvalue weighted by atomic mass is 35.5. The van der Waals surface area contributed by atoms with Gasteiger partial charge in [-0.1, -0.05) is 23.7 Å². The second-order valence-corrected chi connectivity index (χ2v) is 3.53. The van der Waals surface area contributed by atoms with Gasteiger partial charge < -0.3 is 9.47 Å². The number of halogens is 1. The summed E-state index contributed by atoms with van der Waals surface area (Å²) in [5.41, 5.74) is 0.938. The predicted octanol–water partition coefficient (Wildman–Crippen LogP) is 2.40. The quantitative estimate of drug-likeness (QED) is 0.600. The van der Waals surface area contributed by atoms with Crippen molar-refractivity contribution in [2.24, 2.45) is 4.99 Å². The molecule has 0 saturated heterocycles. The number of benzene rings is 1. The number of carbonyl (C=O) groups is 1. The zero-order valence-corrected chi connectivity index (χ0v) is 10.5. The number of methoxy groups -OCH3 is 1. The van der Waals surface area contributed by atoms with Crippen molar-refractivity contribution < 1.29 is 14.3 Å². The lowest BCUT2D eigenvalue weighted by molar-refractivity contribution is -0.134. The Hall–Kier alpha value is -1.55. The van der Waals surface area contributed by atoms with E-state index >= 15 is 0 Å². The van der Waals surface area contributed by atoms with Crippen LogP contribution in [0.4, 0.5) is 0 Å². The van der Waals surface area contributed by atoms with Gasteiger partial charge in [0.15, 0.2) is 0 Å². The number of hydrogen-bond acceptors (Lipinski definition) is 4. The lowest BCUT2D eigenvalue weighted by Crippen LogP contribution is -2.12. The molecule has 0 amide bonds. The number of aliphatic imine (C=N–C) groups is 1. The number of hydrogen-bond donors (Lipinski definition) is 0. The molecule has 17 heavy (non-hydrogen) atoms. The zero-order chi connectivity index (χ0) is 12.7. The van der Waals surface area contributed by atoms with Gasteiger partial charge in [0.25, 0.3) is 0 Å². The van der Waals surface area contributed by atoms with Crippen molar-refractivity contribution in [1.29, 1.82) is 0 Å². The van der Waals surface area contributed by atoms with Crippen molar-refractivity contribution in [2.75, 3.05) is 13.7 Å². The van der Waals surface area contributed by atoms with Crippen LogP contribution in [0.5, 0.6) is 5.75 Å². The largest absolute Gasteiger partial charge is 0.497 e. The number of carbonyl (C=O) groups excluding carboxylic acids is 1. The number of ether oxygens (including phenoxy) is 2. The van der Waals surface area contributed by atoms with E-state index in [1.807, 2.05) is 24.3 Å². The minimum absolute atomic E-state index is 0.136. The highest BCUT2D eigenvalue weighted by Crippen LogP contribution is 2.12. The fraction of sp³-hybridized carbons (Fsp3) is 0.333. The van der Waals surface area contributed by atoms with Crippen molar-refractivity contribution in [3.8, 4) is 5.75 Å². The van der Waals surface area contributed by atoms with Gasteiger partial charge in [0, 0.05) is 0 Å². The summed E-state index contributed by atoms with van der Waals surface area (Å²) in [7, 11) is 1.60. The Morgan fingerprint density at radius 3 is 2.53 bits per heavy atom. The first-order valence-electron chi connectivity index (χ1n) is 5.17. The van der Waals surface area contributed by atoms with Crippen molar-refractivity contribution >= 4 is 22.7 Å². The first-order chi connectivity index (χ1) is 8.17. The highest BCUT2D eigenvalue weighted by molar-refractivity contribution is 6.82. The molecule has 0 N–H and O–H groups in total. The molecule has 0 spiro atoms. The predicted molar refractivity (Wildman–Crippen MR) is 66.6 cm³/mol. The molecule has 1 aromatic carbocycles. The van der Waals surface area contributed by atoms with Crippen LogP contribution in [-0.4, -0.2) is 24.9 Å². The molecule has 0 heterocycles. The van der Waals surface area contributed by atoms with E-state index in [1.165, 1.54) is 0 Å². The molecule has 0 unspecified atom stereocenters. The first kappa shape index (κ1) is 13.5. The normalized spacial score (nSPS) is 11.1. The van der Waals surface area contributed by atoms with E-state index < -0.39 is 5.97 Å². The Bertz CT molecular complexity index is 401. The summed E-state index contributed by atoms with van der Waals surface area (Å²) in [6, 6.07) is 7.36. The number of esters is 1. The van der Waals surface area contributed by atoms with Gasteiger partial charge in [-0.05, 0) is 24.6 Å². The third-order valence-electron chi connectivity index (χ3n) is 2.00. The van der Waals surface area contributed by atoms with E-state index in [4.69, 9.17) is 21.1 Å². The van der Waals surface area contributed by atoms with Gasteiger partial charge in [0.1, 0.15) is 5.75 Å². The molecule has 0 aliphatic rings. The lowest BCUT2D eigenvalue weighted by atomic mass is 10.2. The fourth-order valence-electron chi connectivity index (χ4n) is 1.15. The maximum atomic E-state index is 11.2. The summed E-state index contributed by atoms with van der Waals surface area (Å²) in [4.78, 5) is 15.1. The molecular formula is C12H14ClNO3. The van der Waals surface area contributed by atoms with Crippen LogP contribution in [0.25, 0.3) is 0 Å². The molecule has 1 rings (SSSR count). The van der Waals surface area contributed by atoms with Gasteiger partial charge in [0.2, 0.25) is 5.17 Å². The summed E-state index contributed by atoms with van der Waals surface area (Å²) < 4.78 is 9.74. The standard InChI is InChI=1S/C12H14ClNO3/c1-3-17-12(15)11(13)14-8-9-4-6-10(16-2)7-5-9/h4-7H,3,8H2,1-2H3. The van der Waals surface area contributed by atoms with Crippen LogP contribution in [-0.2, 0) is 16.1 Å². The summed E-state index contributed by atoms with van der Waals surface area (Å²) in [6.45, 7) is 2.33. The van der Waals surface area contributed by atoms with E-state index in [2.05, 4.69) is 4.99 Å². The van der Waals surface area contributed by atoms with Gasteiger partial charge in [-0.3, -0.25) is 4.99 Å². The molecule has 0 aromatic heterocycles. The van der Waals surface area contributed by atoms with E-state index in [-0.39, 0.29) is 11.8 Å². The fourth-order valence-corrected chi connectivity index (χ4v) is 1.26. The molecular weight excluding hydrogens is 242 g/mol. The Kier molecular flexibility index (Phi) is 5.49. The molecule has 0 saturated carbocycles. The summed E-state index contributed by atoms with van der Waals surface area (Å²) in [6.07, 6.45) is 0. The maximum absolute atomic E-state index is 11.2. The van der Waals surface area contributed by atoms with Gasteiger partial charge in [-0.15, -0.1) is 0 Å². The second kappa shape index (κ2) is 6.91. The van der Waals surface area contributed by atoms with Crippen LogP contribution in [0.3, 0.4) is 0 Å². The molecule has 0 atom stereocenters. The van der Waals surface area contributed by atoms with Gasteiger partial charge in [-0.25, -0.2) is 4.79 Å². The van der Waals surface area contributed by atoms with Gasteiger partial charge >= 0.3 is 5.97 Å². The third-order valence-corrected chi connectivity index (χ3v) is 2.28. The lowest BCUT2D eigenvalue weighted by Gasteiger charge is -2.01. The van der Waals surface area contributed by atoms with Crippen LogP contribution < -0.4 is 4.74 Å². The number of rotatable bonds is 5.